The van der Waals surface area contributed by atoms with Crippen LogP contribution in [-0.2, 0) is 4.74 Å². The minimum atomic E-state index is -0.380. The summed E-state index contributed by atoms with van der Waals surface area (Å²) in [6.07, 6.45) is 0. The molecule has 6 nitrogen and oxygen atoms in total. The van der Waals surface area contributed by atoms with E-state index in [-0.39, 0.29) is 23.8 Å². The number of nitrogens with zero attached hydrogens (tertiary/aromatic N) is 2. The molecular formula is C23H31N3O3. The van der Waals surface area contributed by atoms with Gasteiger partial charge in [-0.05, 0) is 75.6 Å². The maximum Gasteiger partial charge on any atom is 0.338 e. The number of hydrogen-bond donors (Lipinski definition) is 1. The molecule has 0 aliphatic carbocycles. The number of pyridine rings is 1. The minimum Gasteiger partial charge on any atom is -0.462 e. The van der Waals surface area contributed by atoms with Crippen LogP contribution >= 0.6 is 0 Å². The molecule has 0 aliphatic rings. The fourth-order valence-electron chi connectivity index (χ4n) is 3.02. The fourth-order valence-corrected chi connectivity index (χ4v) is 3.02. The van der Waals surface area contributed by atoms with E-state index < -0.39 is 0 Å². The molecule has 2 rings (SSSR count). The predicted molar refractivity (Wildman–Crippen MR) is 117 cm³/mol. The summed E-state index contributed by atoms with van der Waals surface area (Å²) in [6.45, 7) is 13.4. The van der Waals surface area contributed by atoms with Gasteiger partial charge in [0.2, 0.25) is 0 Å². The molecular weight excluding hydrogens is 366 g/mol. The molecule has 0 aliphatic heterocycles. The zero-order valence-electron chi connectivity index (χ0n) is 18.2. The van der Waals surface area contributed by atoms with E-state index in [4.69, 9.17) is 4.74 Å². The molecule has 0 radical (unpaired) electrons. The van der Waals surface area contributed by atoms with Crippen molar-refractivity contribution in [2.75, 3.05) is 23.4 Å². The molecule has 156 valence electrons. The fraction of sp³-hybridized carbons (Fsp3) is 0.435. The number of benzene rings is 1. The van der Waals surface area contributed by atoms with Crippen molar-refractivity contribution in [2.24, 2.45) is 0 Å². The number of anilines is 2. The van der Waals surface area contributed by atoms with Crippen LogP contribution in [0.3, 0.4) is 0 Å². The second-order valence-corrected chi connectivity index (χ2v) is 7.43. The molecule has 0 atom stereocenters. The second-order valence-electron chi connectivity index (χ2n) is 7.43. The van der Waals surface area contributed by atoms with Gasteiger partial charge >= 0.3 is 5.97 Å². The van der Waals surface area contributed by atoms with E-state index in [0.29, 0.717) is 23.6 Å². The highest BCUT2D eigenvalue weighted by Crippen LogP contribution is 2.23. The summed E-state index contributed by atoms with van der Waals surface area (Å²) in [7, 11) is 0. The largest absolute Gasteiger partial charge is 0.462 e. The average Bonchev–Trinajstić information content (AvgIpc) is 2.68. The van der Waals surface area contributed by atoms with Crippen LogP contribution in [0.5, 0.6) is 0 Å². The lowest BCUT2D eigenvalue weighted by Gasteiger charge is -2.27. The molecule has 1 N–H and O–H groups in total. The Morgan fingerprint density at radius 1 is 1.07 bits per heavy atom. The smallest absolute Gasteiger partial charge is 0.338 e. The van der Waals surface area contributed by atoms with Crippen LogP contribution in [0.15, 0.2) is 36.4 Å². The van der Waals surface area contributed by atoms with Crippen molar-refractivity contribution < 1.29 is 14.3 Å². The maximum absolute atomic E-state index is 12.9. The van der Waals surface area contributed by atoms with Gasteiger partial charge in [-0.2, -0.15) is 0 Å². The standard InChI is InChI=1S/C23H31N3O3/c1-7-26(16(5)6)21-14-18(15(3)4)13-20(25-21)22(27)24-19-11-9-17(10-12-19)23(28)29-8-2/h9-16H,7-8H2,1-6H3,(H,24,27). The zero-order valence-corrected chi connectivity index (χ0v) is 18.2. The molecule has 6 heteroatoms. The first-order valence-corrected chi connectivity index (χ1v) is 10.1. The van der Waals surface area contributed by atoms with E-state index in [1.165, 1.54) is 0 Å². The predicted octanol–water partition coefficient (Wildman–Crippen LogP) is 4.87. The number of carbonyl (C=O) groups excluding carboxylic acids is 2. The molecule has 0 saturated heterocycles. The molecule has 2 aromatic rings. The van der Waals surface area contributed by atoms with Crippen molar-refractivity contribution in [2.45, 2.75) is 53.5 Å². The van der Waals surface area contributed by atoms with E-state index in [9.17, 15) is 9.59 Å². The highest BCUT2D eigenvalue weighted by molar-refractivity contribution is 6.03. The van der Waals surface area contributed by atoms with Crippen molar-refractivity contribution >= 4 is 23.4 Å². The lowest BCUT2D eigenvalue weighted by Crippen LogP contribution is -2.32. The minimum absolute atomic E-state index is 0.276. The average molecular weight is 398 g/mol. The van der Waals surface area contributed by atoms with Crippen LogP contribution in [0.1, 0.15) is 73.9 Å². The normalized spacial score (nSPS) is 10.9. The molecule has 0 fully saturated rings. The van der Waals surface area contributed by atoms with Crippen LogP contribution in [-0.4, -0.2) is 36.1 Å². The number of nitrogens with one attached hydrogen (secondary N) is 1. The first-order chi connectivity index (χ1) is 13.8. The summed E-state index contributed by atoms with van der Waals surface area (Å²) in [6, 6.07) is 10.8. The zero-order chi connectivity index (χ0) is 21.6. The molecule has 1 aromatic carbocycles. The summed E-state index contributed by atoms with van der Waals surface area (Å²) >= 11 is 0. The second kappa shape index (κ2) is 10.0. The SMILES string of the molecule is CCOC(=O)c1ccc(NC(=O)c2cc(C(C)C)cc(N(CC)C(C)C)n2)cc1. The molecule has 1 aromatic heterocycles. The molecule has 1 heterocycles. The Labute approximate surface area is 173 Å². The third-order valence-electron chi connectivity index (χ3n) is 4.65. The van der Waals surface area contributed by atoms with Crippen molar-refractivity contribution in [3.8, 4) is 0 Å². The monoisotopic (exact) mass is 397 g/mol. The van der Waals surface area contributed by atoms with Gasteiger partial charge in [-0.25, -0.2) is 9.78 Å². The van der Waals surface area contributed by atoms with Gasteiger partial charge < -0.3 is 15.0 Å². The van der Waals surface area contributed by atoms with Gasteiger partial charge in [0.15, 0.2) is 0 Å². The van der Waals surface area contributed by atoms with Gasteiger partial charge in [-0.1, -0.05) is 13.8 Å². The number of carbonyl (C=O) groups is 2. The van der Waals surface area contributed by atoms with E-state index in [2.05, 4.69) is 55.9 Å². The number of rotatable bonds is 8. The van der Waals surface area contributed by atoms with Crippen molar-refractivity contribution in [1.82, 2.24) is 4.98 Å². The van der Waals surface area contributed by atoms with E-state index >= 15 is 0 Å². The molecule has 0 unspecified atom stereocenters. The summed E-state index contributed by atoms with van der Waals surface area (Å²) < 4.78 is 4.98. The van der Waals surface area contributed by atoms with Gasteiger partial charge in [0.1, 0.15) is 11.5 Å². The third kappa shape index (κ3) is 5.79. The van der Waals surface area contributed by atoms with Gasteiger partial charge in [0.05, 0.1) is 12.2 Å². The maximum atomic E-state index is 12.9. The summed E-state index contributed by atoms with van der Waals surface area (Å²) in [5, 5.41) is 2.86. The Kier molecular flexibility index (Phi) is 7.76. The molecule has 29 heavy (non-hydrogen) atoms. The van der Waals surface area contributed by atoms with Gasteiger partial charge in [-0.15, -0.1) is 0 Å². The third-order valence-corrected chi connectivity index (χ3v) is 4.65. The quantitative estimate of drug-likeness (QED) is 0.644. The molecule has 0 spiro atoms. The van der Waals surface area contributed by atoms with Crippen molar-refractivity contribution in [1.29, 1.82) is 0 Å². The molecule has 0 bridgehead atoms. The van der Waals surface area contributed by atoms with Crippen LogP contribution in [0, 0.1) is 0 Å². The number of ether oxygens (including phenoxy) is 1. The van der Waals surface area contributed by atoms with Gasteiger partial charge in [0.25, 0.3) is 5.91 Å². The van der Waals surface area contributed by atoms with Crippen LogP contribution in [0.4, 0.5) is 11.5 Å². The lowest BCUT2D eigenvalue weighted by molar-refractivity contribution is 0.0526. The Hall–Kier alpha value is -2.89. The van der Waals surface area contributed by atoms with Crippen LogP contribution < -0.4 is 10.2 Å². The highest BCUT2D eigenvalue weighted by Gasteiger charge is 2.17. The van der Waals surface area contributed by atoms with E-state index in [1.54, 1.807) is 31.2 Å². The summed E-state index contributed by atoms with van der Waals surface area (Å²) in [5.74, 6) is 0.418. The number of aromatic nitrogens is 1. The van der Waals surface area contributed by atoms with E-state index in [0.717, 1.165) is 17.9 Å². The first kappa shape index (κ1) is 22.4. The van der Waals surface area contributed by atoms with Crippen LogP contribution in [0.25, 0.3) is 0 Å². The Bertz CT molecular complexity index is 845. The van der Waals surface area contributed by atoms with Gasteiger partial charge in [0, 0.05) is 18.3 Å². The van der Waals surface area contributed by atoms with Gasteiger partial charge in [-0.3, -0.25) is 4.79 Å². The topological polar surface area (TPSA) is 71.5 Å². The van der Waals surface area contributed by atoms with Crippen molar-refractivity contribution in [3.05, 3.63) is 53.2 Å². The van der Waals surface area contributed by atoms with Crippen molar-refractivity contribution in [3.63, 3.8) is 0 Å². The number of amides is 1. The Balaban J connectivity index is 2.27. The molecule has 1 amide bonds. The summed E-state index contributed by atoms with van der Waals surface area (Å²) in [5.41, 5.74) is 2.48. The first-order valence-electron chi connectivity index (χ1n) is 10.1. The molecule has 0 saturated carbocycles. The highest BCUT2D eigenvalue weighted by atomic mass is 16.5. The number of esters is 1. The number of hydrogen-bond acceptors (Lipinski definition) is 5. The Morgan fingerprint density at radius 2 is 1.72 bits per heavy atom. The lowest BCUT2D eigenvalue weighted by atomic mass is 10.0. The summed E-state index contributed by atoms with van der Waals surface area (Å²) in [4.78, 5) is 31.4. The Morgan fingerprint density at radius 3 is 2.24 bits per heavy atom. The van der Waals surface area contributed by atoms with E-state index in [1.807, 2.05) is 6.07 Å². The van der Waals surface area contributed by atoms with Crippen LogP contribution in [0.2, 0.25) is 0 Å².